The van der Waals surface area contributed by atoms with Crippen LogP contribution in [0.1, 0.15) is 39.0 Å². The van der Waals surface area contributed by atoms with Gasteiger partial charge in [-0.2, -0.15) is 4.31 Å². The second-order valence-corrected chi connectivity index (χ2v) is 7.56. The maximum Gasteiger partial charge on any atom is 0.244 e. The summed E-state index contributed by atoms with van der Waals surface area (Å²) in [4.78, 5) is 4.40. The average molecular weight is 311 g/mol. The summed E-state index contributed by atoms with van der Waals surface area (Å²) in [7, 11) is -1.64. The van der Waals surface area contributed by atoms with E-state index in [0.717, 1.165) is 19.3 Å². The van der Waals surface area contributed by atoms with Crippen LogP contribution in [0, 0.1) is 5.92 Å². The Balaban J connectivity index is 2.11. The summed E-state index contributed by atoms with van der Waals surface area (Å²) in [6, 6.07) is 3.33. The lowest BCUT2D eigenvalue weighted by atomic mass is 9.96. The molecule has 0 radical (unpaired) electrons. The predicted molar refractivity (Wildman–Crippen MR) is 84.8 cm³/mol. The average Bonchev–Trinajstić information content (AvgIpc) is 2.74. The maximum absolute atomic E-state index is 12.7. The Morgan fingerprint density at radius 3 is 2.76 bits per heavy atom. The standard InChI is InChI=1S/C15H25N3O2S/c1-3-5-13-6-4-10-18(11-9-13)21(19,20)14-7-8-15(16-2)17-12-14/h7-8,12-13H,3-6,9-11H2,1-2H3,(H,16,17). The SMILES string of the molecule is CCCC1CCCN(S(=O)(=O)c2ccc(NC)nc2)CC1. The molecule has 6 heteroatoms. The van der Waals surface area contributed by atoms with E-state index in [-0.39, 0.29) is 4.90 Å². The Bertz CT molecular complexity index is 543. The van der Waals surface area contributed by atoms with Crippen molar-refractivity contribution in [1.29, 1.82) is 0 Å². The number of aromatic nitrogens is 1. The van der Waals surface area contributed by atoms with Gasteiger partial charge in [0.15, 0.2) is 0 Å². The third kappa shape index (κ3) is 3.95. The minimum atomic E-state index is -3.41. The molecule has 1 saturated heterocycles. The van der Waals surface area contributed by atoms with Crippen molar-refractivity contribution in [1.82, 2.24) is 9.29 Å². The fourth-order valence-corrected chi connectivity index (χ4v) is 4.35. The molecule has 1 aromatic rings. The minimum absolute atomic E-state index is 0.287. The lowest BCUT2D eigenvalue weighted by Crippen LogP contribution is -2.32. The Labute approximate surface area is 127 Å². The molecule has 1 aliphatic rings. The molecule has 1 N–H and O–H groups in total. The zero-order valence-electron chi connectivity index (χ0n) is 12.9. The van der Waals surface area contributed by atoms with Crippen LogP contribution in [-0.4, -0.2) is 37.8 Å². The molecular formula is C15H25N3O2S. The van der Waals surface area contributed by atoms with E-state index in [1.54, 1.807) is 23.5 Å². The number of sulfonamides is 1. The van der Waals surface area contributed by atoms with E-state index in [0.29, 0.717) is 24.8 Å². The number of pyridine rings is 1. The summed E-state index contributed by atoms with van der Waals surface area (Å²) >= 11 is 0. The summed E-state index contributed by atoms with van der Waals surface area (Å²) in [5.74, 6) is 1.34. The van der Waals surface area contributed by atoms with Gasteiger partial charge in [0.1, 0.15) is 10.7 Å². The van der Waals surface area contributed by atoms with Crippen LogP contribution in [0.3, 0.4) is 0 Å². The normalized spacial score (nSPS) is 21.0. The molecule has 2 rings (SSSR count). The van der Waals surface area contributed by atoms with Crippen LogP contribution >= 0.6 is 0 Å². The molecule has 0 aromatic carbocycles. The number of nitrogens with one attached hydrogen (secondary N) is 1. The van der Waals surface area contributed by atoms with Crippen molar-refractivity contribution in [2.45, 2.75) is 43.9 Å². The minimum Gasteiger partial charge on any atom is -0.373 e. The van der Waals surface area contributed by atoms with Crippen LogP contribution in [0.25, 0.3) is 0 Å². The number of nitrogens with zero attached hydrogens (tertiary/aromatic N) is 2. The van der Waals surface area contributed by atoms with Crippen LogP contribution in [0.4, 0.5) is 5.82 Å². The molecule has 0 aliphatic carbocycles. The molecule has 1 aromatic heterocycles. The Hall–Kier alpha value is -1.14. The summed E-state index contributed by atoms with van der Waals surface area (Å²) in [6.07, 6.45) is 6.87. The van der Waals surface area contributed by atoms with Gasteiger partial charge in [-0.1, -0.05) is 19.8 Å². The van der Waals surface area contributed by atoms with E-state index in [1.165, 1.54) is 19.0 Å². The summed E-state index contributed by atoms with van der Waals surface area (Å²) in [5.41, 5.74) is 0. The van der Waals surface area contributed by atoms with Gasteiger partial charge in [0.2, 0.25) is 10.0 Å². The van der Waals surface area contributed by atoms with Crippen molar-refractivity contribution in [3.05, 3.63) is 18.3 Å². The zero-order valence-corrected chi connectivity index (χ0v) is 13.7. The summed E-state index contributed by atoms with van der Waals surface area (Å²) < 4.78 is 27.0. The molecule has 1 fully saturated rings. The van der Waals surface area contributed by atoms with Gasteiger partial charge >= 0.3 is 0 Å². The van der Waals surface area contributed by atoms with Gasteiger partial charge in [-0.05, 0) is 37.3 Å². The van der Waals surface area contributed by atoms with Gasteiger partial charge in [0.25, 0.3) is 0 Å². The topological polar surface area (TPSA) is 62.3 Å². The van der Waals surface area contributed by atoms with Gasteiger partial charge in [-0.15, -0.1) is 0 Å². The van der Waals surface area contributed by atoms with Gasteiger partial charge in [0.05, 0.1) is 0 Å². The Kier molecular flexibility index (Phi) is 5.58. The van der Waals surface area contributed by atoms with E-state index in [1.807, 2.05) is 0 Å². The van der Waals surface area contributed by atoms with Gasteiger partial charge in [0, 0.05) is 26.3 Å². The van der Waals surface area contributed by atoms with Gasteiger partial charge in [-0.3, -0.25) is 0 Å². The van der Waals surface area contributed by atoms with E-state index >= 15 is 0 Å². The molecular weight excluding hydrogens is 286 g/mol. The molecule has 0 saturated carbocycles. The van der Waals surface area contributed by atoms with Crippen molar-refractivity contribution in [3.8, 4) is 0 Å². The molecule has 118 valence electrons. The first-order chi connectivity index (χ1) is 10.1. The number of hydrogen-bond donors (Lipinski definition) is 1. The highest BCUT2D eigenvalue weighted by Gasteiger charge is 2.27. The van der Waals surface area contributed by atoms with Crippen molar-refractivity contribution in [2.75, 3.05) is 25.5 Å². The smallest absolute Gasteiger partial charge is 0.244 e. The summed E-state index contributed by atoms with van der Waals surface area (Å²) in [6.45, 7) is 3.44. The summed E-state index contributed by atoms with van der Waals surface area (Å²) in [5, 5.41) is 2.90. The first kappa shape index (κ1) is 16.2. The molecule has 0 bridgehead atoms. The number of hydrogen-bond acceptors (Lipinski definition) is 4. The van der Waals surface area contributed by atoms with Crippen LogP contribution in [0.2, 0.25) is 0 Å². The molecule has 0 spiro atoms. The molecule has 1 unspecified atom stereocenters. The third-order valence-electron chi connectivity index (χ3n) is 4.13. The first-order valence-corrected chi connectivity index (χ1v) is 9.16. The second-order valence-electron chi connectivity index (χ2n) is 5.62. The monoisotopic (exact) mass is 311 g/mol. The zero-order chi connectivity index (χ0) is 15.3. The first-order valence-electron chi connectivity index (χ1n) is 7.72. The Morgan fingerprint density at radius 2 is 2.14 bits per heavy atom. The molecule has 2 heterocycles. The van der Waals surface area contributed by atoms with Crippen LogP contribution in [0.15, 0.2) is 23.2 Å². The molecule has 0 amide bonds. The molecule has 5 nitrogen and oxygen atoms in total. The quantitative estimate of drug-likeness (QED) is 0.908. The lowest BCUT2D eigenvalue weighted by molar-refractivity contribution is 0.400. The number of rotatable bonds is 5. The maximum atomic E-state index is 12.7. The highest BCUT2D eigenvalue weighted by atomic mass is 32.2. The number of anilines is 1. The fraction of sp³-hybridized carbons (Fsp3) is 0.667. The van der Waals surface area contributed by atoms with E-state index < -0.39 is 10.0 Å². The van der Waals surface area contributed by atoms with E-state index in [4.69, 9.17) is 0 Å². The van der Waals surface area contributed by atoms with Crippen molar-refractivity contribution < 1.29 is 8.42 Å². The molecule has 1 atom stereocenters. The van der Waals surface area contributed by atoms with Crippen molar-refractivity contribution in [2.24, 2.45) is 5.92 Å². The van der Waals surface area contributed by atoms with Crippen molar-refractivity contribution >= 4 is 15.8 Å². The molecule has 1 aliphatic heterocycles. The highest BCUT2D eigenvalue weighted by molar-refractivity contribution is 7.89. The van der Waals surface area contributed by atoms with E-state index in [2.05, 4.69) is 17.2 Å². The van der Waals surface area contributed by atoms with Gasteiger partial charge < -0.3 is 5.32 Å². The highest BCUT2D eigenvalue weighted by Crippen LogP contribution is 2.25. The third-order valence-corrected chi connectivity index (χ3v) is 6.02. The van der Waals surface area contributed by atoms with Crippen LogP contribution in [-0.2, 0) is 10.0 Å². The largest absolute Gasteiger partial charge is 0.373 e. The second kappa shape index (κ2) is 7.22. The predicted octanol–water partition coefficient (Wildman–Crippen LogP) is 2.71. The van der Waals surface area contributed by atoms with Gasteiger partial charge in [-0.25, -0.2) is 13.4 Å². The molecule has 21 heavy (non-hydrogen) atoms. The van der Waals surface area contributed by atoms with Crippen LogP contribution < -0.4 is 5.32 Å². The van der Waals surface area contributed by atoms with Crippen LogP contribution in [0.5, 0.6) is 0 Å². The lowest BCUT2D eigenvalue weighted by Gasteiger charge is -2.20. The van der Waals surface area contributed by atoms with Crippen molar-refractivity contribution in [3.63, 3.8) is 0 Å². The van der Waals surface area contributed by atoms with E-state index in [9.17, 15) is 8.42 Å². The Morgan fingerprint density at radius 1 is 1.33 bits per heavy atom. The fourth-order valence-electron chi connectivity index (χ4n) is 2.91.